The summed E-state index contributed by atoms with van der Waals surface area (Å²) in [5.41, 5.74) is -0.757. The number of carboxylic acids is 4. The molecule has 5 unspecified atom stereocenters. The molecule has 2 aliphatic rings. The number of hydrogen-bond acceptors (Lipinski definition) is 4. The Morgan fingerprint density at radius 2 is 1.58 bits per heavy atom. The van der Waals surface area contributed by atoms with E-state index in [9.17, 15) is 39.6 Å². The highest BCUT2D eigenvalue weighted by molar-refractivity contribution is 5.86. The summed E-state index contributed by atoms with van der Waals surface area (Å²) in [6.45, 7) is 2.95. The summed E-state index contributed by atoms with van der Waals surface area (Å²) in [4.78, 5) is 46.8. The van der Waals surface area contributed by atoms with Crippen molar-refractivity contribution in [1.82, 2.24) is 0 Å². The number of aliphatic carboxylic acids is 4. The van der Waals surface area contributed by atoms with Gasteiger partial charge in [0.2, 0.25) is 0 Å². The summed E-state index contributed by atoms with van der Waals surface area (Å²) in [7, 11) is 0. The van der Waals surface area contributed by atoms with Crippen LogP contribution < -0.4 is 0 Å². The van der Waals surface area contributed by atoms with E-state index < -0.39 is 53.0 Å². The van der Waals surface area contributed by atoms with E-state index in [4.69, 9.17) is 0 Å². The molecule has 24 heavy (non-hydrogen) atoms. The molecule has 0 heterocycles. The molecule has 0 saturated heterocycles. The molecular formula is C16H20O8. The molecule has 1 fully saturated rings. The maximum absolute atomic E-state index is 11.8. The van der Waals surface area contributed by atoms with Gasteiger partial charge in [0.1, 0.15) is 0 Å². The third-order valence-corrected chi connectivity index (χ3v) is 5.55. The van der Waals surface area contributed by atoms with Crippen LogP contribution in [0.5, 0.6) is 0 Å². The molecule has 8 nitrogen and oxygen atoms in total. The third-order valence-electron chi connectivity index (χ3n) is 5.55. The van der Waals surface area contributed by atoms with Crippen LogP contribution in [0, 0.1) is 29.1 Å². The van der Waals surface area contributed by atoms with Gasteiger partial charge in [-0.1, -0.05) is 11.1 Å². The van der Waals surface area contributed by atoms with Gasteiger partial charge in [0.05, 0.1) is 23.2 Å². The molecule has 0 amide bonds. The zero-order chi connectivity index (χ0) is 18.4. The molecule has 0 spiro atoms. The number of allylic oxidation sites excluding steroid dienone is 1. The van der Waals surface area contributed by atoms with Crippen LogP contribution in [0.3, 0.4) is 0 Å². The van der Waals surface area contributed by atoms with Crippen LogP contribution in [0.25, 0.3) is 0 Å². The first-order valence-corrected chi connectivity index (χ1v) is 7.63. The molecule has 1 saturated carbocycles. The van der Waals surface area contributed by atoms with Gasteiger partial charge in [-0.3, -0.25) is 19.2 Å². The minimum absolute atomic E-state index is 0.0170. The first-order chi connectivity index (χ1) is 11.0. The lowest BCUT2D eigenvalue weighted by molar-refractivity contribution is -0.168. The Hall–Kier alpha value is -2.38. The van der Waals surface area contributed by atoms with Crippen molar-refractivity contribution < 1.29 is 39.6 Å². The minimum Gasteiger partial charge on any atom is -0.481 e. The third kappa shape index (κ3) is 2.55. The van der Waals surface area contributed by atoms with Crippen molar-refractivity contribution in [2.45, 2.75) is 33.1 Å². The van der Waals surface area contributed by atoms with Gasteiger partial charge in [-0.2, -0.15) is 0 Å². The fourth-order valence-corrected chi connectivity index (χ4v) is 4.33. The molecule has 0 radical (unpaired) electrons. The first-order valence-electron chi connectivity index (χ1n) is 7.63. The summed E-state index contributed by atoms with van der Waals surface area (Å²) >= 11 is 0. The van der Waals surface area contributed by atoms with Crippen molar-refractivity contribution >= 4 is 23.9 Å². The molecule has 2 aliphatic carbocycles. The second-order valence-electron chi connectivity index (χ2n) is 6.88. The summed E-state index contributed by atoms with van der Waals surface area (Å²) in [5, 5.41) is 38.1. The normalized spacial score (nSPS) is 35.9. The van der Waals surface area contributed by atoms with Crippen LogP contribution in [0.2, 0.25) is 0 Å². The summed E-state index contributed by atoms with van der Waals surface area (Å²) in [6.07, 6.45) is -0.0140. The van der Waals surface area contributed by atoms with Crippen LogP contribution >= 0.6 is 0 Å². The summed E-state index contributed by atoms with van der Waals surface area (Å²) < 4.78 is 0. The van der Waals surface area contributed by atoms with Gasteiger partial charge in [0, 0.05) is 5.92 Å². The van der Waals surface area contributed by atoms with Crippen LogP contribution in [0.1, 0.15) is 33.1 Å². The first kappa shape index (κ1) is 18.0. The van der Waals surface area contributed by atoms with Gasteiger partial charge in [0.25, 0.3) is 0 Å². The van der Waals surface area contributed by atoms with Gasteiger partial charge in [-0.25, -0.2) is 0 Å². The van der Waals surface area contributed by atoms with Crippen molar-refractivity contribution in [1.29, 1.82) is 0 Å². The van der Waals surface area contributed by atoms with E-state index in [1.165, 1.54) is 6.92 Å². The number of fused-ring (bicyclic) bond motifs is 1. The Bertz CT molecular complexity index is 648. The van der Waals surface area contributed by atoms with E-state index in [2.05, 4.69) is 0 Å². The average Bonchev–Trinajstić information content (AvgIpc) is 2.46. The van der Waals surface area contributed by atoms with E-state index in [1.54, 1.807) is 6.92 Å². The topological polar surface area (TPSA) is 149 Å². The molecular weight excluding hydrogens is 320 g/mol. The molecule has 0 aliphatic heterocycles. The van der Waals surface area contributed by atoms with Crippen LogP contribution in [0.4, 0.5) is 0 Å². The monoisotopic (exact) mass is 340 g/mol. The van der Waals surface area contributed by atoms with Crippen molar-refractivity contribution in [3.05, 3.63) is 11.1 Å². The average molecular weight is 340 g/mol. The Morgan fingerprint density at radius 3 is 2.00 bits per heavy atom. The lowest BCUT2D eigenvalue weighted by Gasteiger charge is -2.49. The summed E-state index contributed by atoms with van der Waals surface area (Å²) in [5.74, 6) is -9.97. The molecule has 2 rings (SSSR count). The van der Waals surface area contributed by atoms with E-state index in [0.717, 1.165) is 0 Å². The highest BCUT2D eigenvalue weighted by Gasteiger charge is 2.59. The Labute approximate surface area is 137 Å². The fourth-order valence-electron chi connectivity index (χ4n) is 4.33. The minimum atomic E-state index is -1.51. The summed E-state index contributed by atoms with van der Waals surface area (Å²) in [6, 6.07) is 0. The lowest BCUT2D eigenvalue weighted by Crippen LogP contribution is -2.53. The molecule has 4 N–H and O–H groups in total. The number of carboxylic acid groups (broad SMARTS) is 4. The maximum Gasteiger partial charge on any atom is 0.310 e. The van der Waals surface area contributed by atoms with Gasteiger partial charge in [-0.05, 0) is 33.1 Å². The molecule has 0 aromatic rings. The van der Waals surface area contributed by atoms with Crippen LogP contribution in [-0.2, 0) is 19.2 Å². The van der Waals surface area contributed by atoms with Gasteiger partial charge >= 0.3 is 23.9 Å². The number of hydrogen-bond donors (Lipinski definition) is 4. The van der Waals surface area contributed by atoms with Crippen molar-refractivity contribution in [3.8, 4) is 0 Å². The molecule has 0 bridgehead atoms. The Kier molecular flexibility index (Phi) is 4.43. The van der Waals surface area contributed by atoms with Crippen LogP contribution in [-0.4, -0.2) is 44.3 Å². The number of carbonyl (C=O) groups is 4. The predicted molar refractivity (Wildman–Crippen MR) is 79.2 cm³/mol. The highest BCUT2D eigenvalue weighted by atomic mass is 16.4. The van der Waals surface area contributed by atoms with E-state index in [1.807, 2.05) is 0 Å². The van der Waals surface area contributed by atoms with Crippen molar-refractivity contribution in [2.24, 2.45) is 29.1 Å². The zero-order valence-electron chi connectivity index (χ0n) is 13.4. The second-order valence-corrected chi connectivity index (χ2v) is 6.88. The van der Waals surface area contributed by atoms with E-state index in [-0.39, 0.29) is 24.8 Å². The van der Waals surface area contributed by atoms with Gasteiger partial charge in [-0.15, -0.1) is 0 Å². The number of rotatable bonds is 4. The largest absolute Gasteiger partial charge is 0.481 e. The van der Waals surface area contributed by atoms with E-state index in [0.29, 0.717) is 5.57 Å². The standard InChI is InChI=1S/C16H20O8/c1-6-5-8(13(19)20)10(14(21)22)11-9(6)7(12(17)18)3-4-16(11,2)15(23)24/h7-8,10-11H,3-5H2,1-2H3,(H,17,18)(H,19,20)(H,21,22)(H,23,24). The fraction of sp³-hybridized carbons (Fsp3) is 0.625. The van der Waals surface area contributed by atoms with Gasteiger partial charge in [0.15, 0.2) is 0 Å². The SMILES string of the molecule is CC1=C2C(C(=O)O)CCC(C)(C(=O)O)C2C(C(=O)O)C(C(=O)O)C1. The molecule has 0 aromatic carbocycles. The quantitative estimate of drug-likeness (QED) is 0.560. The second kappa shape index (κ2) is 5.92. The zero-order valence-corrected chi connectivity index (χ0v) is 13.4. The molecule has 5 atom stereocenters. The Balaban J connectivity index is 2.73. The highest BCUT2D eigenvalue weighted by Crippen LogP contribution is 2.56. The Morgan fingerprint density at radius 1 is 1.00 bits per heavy atom. The predicted octanol–water partition coefficient (Wildman–Crippen LogP) is 1.31. The molecule has 8 heteroatoms. The van der Waals surface area contributed by atoms with Crippen molar-refractivity contribution in [2.75, 3.05) is 0 Å². The van der Waals surface area contributed by atoms with Crippen LogP contribution in [0.15, 0.2) is 11.1 Å². The van der Waals surface area contributed by atoms with Gasteiger partial charge < -0.3 is 20.4 Å². The maximum atomic E-state index is 11.8. The smallest absolute Gasteiger partial charge is 0.310 e. The lowest BCUT2D eigenvalue weighted by atomic mass is 9.52. The molecule has 132 valence electrons. The van der Waals surface area contributed by atoms with Crippen molar-refractivity contribution in [3.63, 3.8) is 0 Å². The van der Waals surface area contributed by atoms with E-state index >= 15 is 0 Å². The molecule has 0 aromatic heterocycles.